The van der Waals surface area contributed by atoms with Crippen molar-refractivity contribution in [3.8, 4) is 5.75 Å². The minimum atomic E-state index is -3.35. The van der Waals surface area contributed by atoms with Crippen LogP contribution in [0.5, 0.6) is 5.75 Å². The number of hydrogen-bond donors (Lipinski definition) is 1. The monoisotopic (exact) mass is 361 g/mol. The first-order valence-electron chi connectivity index (χ1n) is 7.98. The van der Waals surface area contributed by atoms with Gasteiger partial charge in [0.15, 0.2) is 9.84 Å². The second kappa shape index (κ2) is 7.70. The molecule has 0 fully saturated rings. The van der Waals surface area contributed by atoms with E-state index in [-0.39, 0.29) is 10.8 Å². The molecule has 0 aliphatic heterocycles. The van der Waals surface area contributed by atoms with Gasteiger partial charge in [-0.15, -0.1) is 0 Å². The molecule has 1 N–H and O–H groups in total. The third-order valence-corrected chi connectivity index (χ3v) is 5.03. The molecule has 0 aliphatic rings. The van der Waals surface area contributed by atoms with Gasteiger partial charge in [0, 0.05) is 11.8 Å². The molecule has 0 saturated heterocycles. The van der Waals surface area contributed by atoms with E-state index in [0.717, 1.165) is 28.7 Å². The SMILES string of the molecule is Cc1ccc(S(C)(=O)=O)cc1C(=O)NCCOc1c(C)cccc1C. The van der Waals surface area contributed by atoms with Gasteiger partial charge in [0.05, 0.1) is 11.4 Å². The van der Waals surface area contributed by atoms with E-state index < -0.39 is 9.84 Å². The molecule has 25 heavy (non-hydrogen) atoms. The Morgan fingerprint density at radius 1 is 1.04 bits per heavy atom. The van der Waals surface area contributed by atoms with Gasteiger partial charge in [-0.25, -0.2) is 8.42 Å². The Balaban J connectivity index is 1.99. The minimum absolute atomic E-state index is 0.134. The molecule has 0 atom stereocenters. The second-order valence-corrected chi connectivity index (χ2v) is 8.09. The quantitative estimate of drug-likeness (QED) is 0.803. The number of hydrogen-bond acceptors (Lipinski definition) is 4. The van der Waals surface area contributed by atoms with Crippen molar-refractivity contribution >= 4 is 15.7 Å². The van der Waals surface area contributed by atoms with Crippen LogP contribution in [0.3, 0.4) is 0 Å². The summed E-state index contributed by atoms with van der Waals surface area (Å²) in [5.41, 5.74) is 3.17. The number of ether oxygens (including phenoxy) is 1. The highest BCUT2D eigenvalue weighted by Crippen LogP contribution is 2.22. The van der Waals surface area contributed by atoms with Crippen LogP contribution in [0.2, 0.25) is 0 Å². The molecule has 5 nitrogen and oxygen atoms in total. The fourth-order valence-corrected chi connectivity index (χ4v) is 3.16. The highest BCUT2D eigenvalue weighted by molar-refractivity contribution is 7.90. The Morgan fingerprint density at radius 3 is 2.28 bits per heavy atom. The van der Waals surface area contributed by atoms with Crippen molar-refractivity contribution in [2.45, 2.75) is 25.7 Å². The summed E-state index contributed by atoms with van der Waals surface area (Å²) in [6.45, 7) is 6.38. The van der Waals surface area contributed by atoms with E-state index in [1.165, 1.54) is 12.1 Å². The van der Waals surface area contributed by atoms with E-state index in [4.69, 9.17) is 4.74 Å². The van der Waals surface area contributed by atoms with Gasteiger partial charge in [0.1, 0.15) is 12.4 Å². The van der Waals surface area contributed by atoms with Gasteiger partial charge >= 0.3 is 0 Å². The maximum Gasteiger partial charge on any atom is 0.251 e. The van der Waals surface area contributed by atoms with E-state index in [0.29, 0.717) is 18.7 Å². The number of carbonyl (C=O) groups excluding carboxylic acids is 1. The number of nitrogens with one attached hydrogen (secondary N) is 1. The molecule has 0 heterocycles. The molecule has 6 heteroatoms. The highest BCUT2D eigenvalue weighted by Gasteiger charge is 2.14. The molecular weight excluding hydrogens is 338 g/mol. The summed E-state index contributed by atoms with van der Waals surface area (Å²) in [5, 5.41) is 2.77. The molecular formula is C19H23NO4S. The topological polar surface area (TPSA) is 72.5 Å². The summed E-state index contributed by atoms with van der Waals surface area (Å²) in [4.78, 5) is 12.5. The molecule has 0 spiro atoms. The summed E-state index contributed by atoms with van der Waals surface area (Å²) in [6, 6.07) is 10.5. The maximum atomic E-state index is 12.3. The first-order chi connectivity index (χ1) is 11.7. The zero-order chi connectivity index (χ0) is 18.6. The standard InChI is InChI=1S/C19H23NO4S/c1-13-8-9-16(25(4,22)23)12-17(13)19(21)20-10-11-24-18-14(2)6-5-7-15(18)3/h5-9,12H,10-11H2,1-4H3,(H,20,21). The maximum absolute atomic E-state index is 12.3. The zero-order valence-electron chi connectivity index (χ0n) is 14.9. The number of rotatable bonds is 6. The Morgan fingerprint density at radius 2 is 1.68 bits per heavy atom. The molecule has 0 aromatic heterocycles. The van der Waals surface area contributed by atoms with Crippen LogP contribution in [0.15, 0.2) is 41.3 Å². The summed E-state index contributed by atoms with van der Waals surface area (Å²) in [6.07, 6.45) is 1.12. The normalized spacial score (nSPS) is 11.2. The predicted molar refractivity (Wildman–Crippen MR) is 98.0 cm³/mol. The van der Waals surface area contributed by atoms with Crippen LogP contribution in [-0.2, 0) is 9.84 Å². The van der Waals surface area contributed by atoms with Crippen molar-refractivity contribution in [2.75, 3.05) is 19.4 Å². The third-order valence-electron chi connectivity index (χ3n) is 3.92. The lowest BCUT2D eigenvalue weighted by Crippen LogP contribution is -2.29. The van der Waals surface area contributed by atoms with Gasteiger partial charge in [0.25, 0.3) is 5.91 Å². The molecule has 0 aliphatic carbocycles. The van der Waals surface area contributed by atoms with Crippen molar-refractivity contribution in [3.05, 3.63) is 58.7 Å². The van der Waals surface area contributed by atoms with Crippen molar-refractivity contribution in [1.82, 2.24) is 5.32 Å². The van der Waals surface area contributed by atoms with Gasteiger partial charge in [-0.05, 0) is 49.6 Å². The molecule has 2 aromatic carbocycles. The molecule has 2 rings (SSSR count). The van der Waals surface area contributed by atoms with Crippen LogP contribution >= 0.6 is 0 Å². The molecule has 0 radical (unpaired) electrons. The van der Waals surface area contributed by atoms with Crippen molar-refractivity contribution < 1.29 is 17.9 Å². The second-order valence-electron chi connectivity index (χ2n) is 6.07. The fourth-order valence-electron chi connectivity index (χ4n) is 2.52. The van der Waals surface area contributed by atoms with Gasteiger partial charge in [-0.1, -0.05) is 24.3 Å². The fraction of sp³-hybridized carbons (Fsp3) is 0.316. The summed E-state index contributed by atoms with van der Waals surface area (Å²) < 4.78 is 29.0. The first-order valence-corrected chi connectivity index (χ1v) is 9.87. The number of sulfone groups is 1. The van der Waals surface area contributed by atoms with Gasteiger partial charge in [-0.3, -0.25) is 4.79 Å². The van der Waals surface area contributed by atoms with Crippen molar-refractivity contribution in [3.63, 3.8) is 0 Å². The van der Waals surface area contributed by atoms with E-state index in [9.17, 15) is 13.2 Å². The smallest absolute Gasteiger partial charge is 0.251 e. The Hall–Kier alpha value is -2.34. The highest BCUT2D eigenvalue weighted by atomic mass is 32.2. The predicted octanol–water partition coefficient (Wildman–Crippen LogP) is 2.82. The number of benzene rings is 2. The van der Waals surface area contributed by atoms with Crippen LogP contribution in [-0.4, -0.2) is 33.7 Å². The third kappa shape index (κ3) is 4.82. The molecule has 134 valence electrons. The molecule has 0 saturated carbocycles. The molecule has 1 amide bonds. The average molecular weight is 361 g/mol. The summed E-state index contributed by atoms with van der Waals surface area (Å²) in [5.74, 6) is 0.514. The Bertz CT molecular complexity index is 868. The lowest BCUT2D eigenvalue weighted by molar-refractivity contribution is 0.0946. The molecule has 0 unspecified atom stereocenters. The molecule has 2 aromatic rings. The number of carbonyl (C=O) groups is 1. The van der Waals surface area contributed by atoms with E-state index in [1.807, 2.05) is 32.0 Å². The lowest BCUT2D eigenvalue weighted by Gasteiger charge is -2.13. The molecule has 0 bridgehead atoms. The van der Waals surface area contributed by atoms with Crippen LogP contribution in [0.4, 0.5) is 0 Å². The number of para-hydroxylation sites is 1. The first kappa shape index (κ1) is 19.0. The van der Waals surface area contributed by atoms with Gasteiger partial charge < -0.3 is 10.1 Å². The summed E-state index contributed by atoms with van der Waals surface area (Å²) >= 11 is 0. The van der Waals surface area contributed by atoms with Crippen LogP contribution in [0, 0.1) is 20.8 Å². The summed E-state index contributed by atoms with van der Waals surface area (Å²) in [7, 11) is -3.35. The van der Waals surface area contributed by atoms with E-state index >= 15 is 0 Å². The number of aryl methyl sites for hydroxylation is 3. The Kier molecular flexibility index (Phi) is 5.85. The minimum Gasteiger partial charge on any atom is -0.491 e. The van der Waals surface area contributed by atoms with Crippen LogP contribution in [0.25, 0.3) is 0 Å². The van der Waals surface area contributed by atoms with Gasteiger partial charge in [0.2, 0.25) is 0 Å². The zero-order valence-corrected chi connectivity index (χ0v) is 15.7. The largest absolute Gasteiger partial charge is 0.491 e. The van der Waals surface area contributed by atoms with Gasteiger partial charge in [-0.2, -0.15) is 0 Å². The van der Waals surface area contributed by atoms with Crippen LogP contribution < -0.4 is 10.1 Å². The van der Waals surface area contributed by atoms with E-state index in [1.54, 1.807) is 13.0 Å². The average Bonchev–Trinajstić information content (AvgIpc) is 2.52. The van der Waals surface area contributed by atoms with Crippen molar-refractivity contribution in [1.29, 1.82) is 0 Å². The number of amides is 1. The van der Waals surface area contributed by atoms with E-state index in [2.05, 4.69) is 5.32 Å². The lowest BCUT2D eigenvalue weighted by atomic mass is 10.1. The van der Waals surface area contributed by atoms with Crippen molar-refractivity contribution in [2.24, 2.45) is 0 Å². The Labute approximate surface area is 148 Å². The van der Waals surface area contributed by atoms with Crippen LogP contribution in [0.1, 0.15) is 27.0 Å².